The average Bonchev–Trinajstić information content (AvgIpc) is 2.39. The van der Waals surface area contributed by atoms with E-state index in [4.69, 9.17) is 14.6 Å². The van der Waals surface area contributed by atoms with Gasteiger partial charge in [-0.25, -0.2) is 4.79 Å². The van der Waals surface area contributed by atoms with Gasteiger partial charge in [-0.05, 0) is 24.6 Å². The number of nitrogens with one attached hydrogen (secondary N) is 1. The van der Waals surface area contributed by atoms with Crippen LogP contribution in [0.2, 0.25) is 0 Å². The molecule has 1 amide bonds. The molecular formula is C14H17NO5. The topological polar surface area (TPSA) is 84.9 Å². The van der Waals surface area contributed by atoms with Crippen molar-refractivity contribution in [3.05, 3.63) is 35.9 Å². The van der Waals surface area contributed by atoms with Crippen molar-refractivity contribution in [2.45, 2.75) is 6.92 Å². The molecule has 6 heteroatoms. The van der Waals surface area contributed by atoms with Crippen LogP contribution in [0.15, 0.2) is 30.4 Å². The van der Waals surface area contributed by atoms with Gasteiger partial charge in [0.05, 0.1) is 12.3 Å². The second-order valence-electron chi connectivity index (χ2n) is 4.00. The molecular weight excluding hydrogens is 262 g/mol. The molecule has 0 saturated carbocycles. The minimum Gasteiger partial charge on any atom is -0.489 e. The summed E-state index contributed by atoms with van der Waals surface area (Å²) in [6.45, 7) is 2.69. The summed E-state index contributed by atoms with van der Waals surface area (Å²) in [6, 6.07) is 5.30. The Morgan fingerprint density at radius 1 is 1.30 bits per heavy atom. The fourth-order valence-electron chi connectivity index (χ4n) is 1.41. The van der Waals surface area contributed by atoms with Gasteiger partial charge in [0, 0.05) is 19.3 Å². The Kier molecular flexibility index (Phi) is 6.25. The van der Waals surface area contributed by atoms with Gasteiger partial charge in [-0.15, -0.1) is 0 Å². The Morgan fingerprint density at radius 2 is 2.05 bits per heavy atom. The monoisotopic (exact) mass is 279 g/mol. The lowest BCUT2D eigenvalue weighted by Gasteiger charge is -2.12. The van der Waals surface area contributed by atoms with Gasteiger partial charge in [-0.1, -0.05) is 6.07 Å². The molecule has 0 aromatic heterocycles. The third-order valence-corrected chi connectivity index (χ3v) is 2.32. The molecule has 0 bridgehead atoms. The first-order valence-corrected chi connectivity index (χ1v) is 5.97. The molecule has 0 aliphatic heterocycles. The lowest BCUT2D eigenvalue weighted by Crippen LogP contribution is -2.12. The maximum Gasteiger partial charge on any atom is 0.328 e. The summed E-state index contributed by atoms with van der Waals surface area (Å²) < 4.78 is 10.4. The highest BCUT2D eigenvalue weighted by Gasteiger charge is 2.07. The first-order chi connectivity index (χ1) is 9.52. The molecule has 0 heterocycles. The summed E-state index contributed by atoms with van der Waals surface area (Å²) in [4.78, 5) is 21.9. The van der Waals surface area contributed by atoms with E-state index in [0.717, 1.165) is 17.7 Å². The van der Waals surface area contributed by atoms with Crippen molar-refractivity contribution in [2.75, 3.05) is 25.6 Å². The largest absolute Gasteiger partial charge is 0.489 e. The van der Waals surface area contributed by atoms with E-state index in [1.165, 1.54) is 0 Å². The first kappa shape index (κ1) is 15.7. The minimum atomic E-state index is -1.18. The number of methoxy groups -OCH3 is 1. The molecule has 0 aliphatic carbocycles. The number of aliphatic carboxylic acids is 1. The Hall–Kier alpha value is -2.34. The van der Waals surface area contributed by atoms with Gasteiger partial charge in [0.1, 0.15) is 12.4 Å². The lowest BCUT2D eigenvalue weighted by atomic mass is 10.2. The molecule has 2 N–H and O–H groups in total. The van der Waals surface area contributed by atoms with Gasteiger partial charge < -0.3 is 19.9 Å². The second-order valence-corrected chi connectivity index (χ2v) is 4.00. The summed E-state index contributed by atoms with van der Waals surface area (Å²) in [5.74, 6) is -1.20. The van der Waals surface area contributed by atoms with E-state index < -0.39 is 11.9 Å². The Morgan fingerprint density at radius 3 is 2.70 bits per heavy atom. The van der Waals surface area contributed by atoms with E-state index in [1.54, 1.807) is 19.2 Å². The number of rotatable bonds is 7. The highest BCUT2D eigenvalue weighted by Crippen LogP contribution is 2.25. The van der Waals surface area contributed by atoms with Crippen LogP contribution in [-0.4, -0.2) is 37.3 Å². The van der Waals surface area contributed by atoms with Crippen LogP contribution < -0.4 is 10.1 Å². The zero-order valence-corrected chi connectivity index (χ0v) is 11.4. The van der Waals surface area contributed by atoms with Crippen LogP contribution in [0, 0.1) is 6.92 Å². The molecule has 1 aromatic rings. The molecule has 0 atom stereocenters. The molecule has 0 unspecified atom stereocenters. The van der Waals surface area contributed by atoms with Crippen LogP contribution >= 0.6 is 0 Å². The van der Waals surface area contributed by atoms with E-state index in [0.29, 0.717) is 24.7 Å². The van der Waals surface area contributed by atoms with Crippen molar-refractivity contribution in [2.24, 2.45) is 0 Å². The molecule has 0 spiro atoms. The van der Waals surface area contributed by atoms with Crippen molar-refractivity contribution >= 4 is 17.6 Å². The van der Waals surface area contributed by atoms with Crippen LogP contribution in [0.4, 0.5) is 5.69 Å². The van der Waals surface area contributed by atoms with Crippen molar-refractivity contribution in [1.29, 1.82) is 0 Å². The maximum absolute atomic E-state index is 11.5. The number of hydrogen-bond donors (Lipinski definition) is 2. The molecule has 1 rings (SSSR count). The molecule has 0 aliphatic rings. The number of anilines is 1. The van der Waals surface area contributed by atoms with Crippen molar-refractivity contribution in [1.82, 2.24) is 0 Å². The maximum atomic E-state index is 11.5. The molecule has 0 fully saturated rings. The van der Waals surface area contributed by atoms with Gasteiger partial charge in [0.15, 0.2) is 0 Å². The number of carbonyl (C=O) groups is 2. The molecule has 1 aromatic carbocycles. The van der Waals surface area contributed by atoms with E-state index in [1.807, 2.05) is 13.0 Å². The molecule has 6 nitrogen and oxygen atoms in total. The number of aryl methyl sites for hydroxylation is 1. The van der Waals surface area contributed by atoms with Gasteiger partial charge in [0.25, 0.3) is 0 Å². The SMILES string of the molecule is COCCOc1cc(C)ccc1NC(=O)/C=C/C(=O)O. The number of carbonyl (C=O) groups excluding carboxylic acids is 1. The van der Waals surface area contributed by atoms with Crippen molar-refractivity contribution in [3.8, 4) is 5.75 Å². The van der Waals surface area contributed by atoms with Crippen LogP contribution in [0.3, 0.4) is 0 Å². The van der Waals surface area contributed by atoms with Crippen molar-refractivity contribution < 1.29 is 24.2 Å². The predicted octanol–water partition coefficient (Wildman–Crippen LogP) is 1.60. The zero-order chi connectivity index (χ0) is 15.0. The van der Waals surface area contributed by atoms with Gasteiger partial charge in [-0.3, -0.25) is 4.79 Å². The zero-order valence-electron chi connectivity index (χ0n) is 11.4. The fourth-order valence-corrected chi connectivity index (χ4v) is 1.41. The Balaban J connectivity index is 2.77. The van der Waals surface area contributed by atoms with E-state index >= 15 is 0 Å². The average molecular weight is 279 g/mol. The van der Waals surface area contributed by atoms with Crippen LogP contribution in [0.1, 0.15) is 5.56 Å². The van der Waals surface area contributed by atoms with E-state index in [9.17, 15) is 9.59 Å². The standard InChI is InChI=1S/C14H17NO5/c1-10-3-4-11(12(9-10)20-8-7-19-2)15-13(16)5-6-14(17)18/h3-6,9H,7-8H2,1-2H3,(H,15,16)(H,17,18)/b6-5+. The Bertz CT molecular complexity index is 510. The summed E-state index contributed by atoms with van der Waals surface area (Å²) >= 11 is 0. The number of ether oxygens (including phenoxy) is 2. The third kappa shape index (κ3) is 5.53. The summed E-state index contributed by atoms with van der Waals surface area (Å²) in [5.41, 5.74) is 1.46. The first-order valence-electron chi connectivity index (χ1n) is 5.97. The normalized spacial score (nSPS) is 10.5. The van der Waals surface area contributed by atoms with E-state index in [2.05, 4.69) is 5.32 Å². The number of carboxylic acids is 1. The van der Waals surface area contributed by atoms with E-state index in [-0.39, 0.29) is 0 Å². The second kappa shape index (κ2) is 7.96. The number of benzene rings is 1. The summed E-state index contributed by atoms with van der Waals surface area (Å²) in [7, 11) is 1.57. The van der Waals surface area contributed by atoms with Crippen molar-refractivity contribution in [3.63, 3.8) is 0 Å². The number of carboxylic acid groups (broad SMARTS) is 1. The Labute approximate surface area is 117 Å². The fraction of sp³-hybridized carbons (Fsp3) is 0.286. The molecule has 108 valence electrons. The highest BCUT2D eigenvalue weighted by atomic mass is 16.5. The smallest absolute Gasteiger partial charge is 0.328 e. The minimum absolute atomic E-state index is 0.355. The summed E-state index contributed by atoms with van der Waals surface area (Å²) in [5, 5.41) is 11.0. The molecule has 0 saturated heterocycles. The highest BCUT2D eigenvalue weighted by molar-refractivity contribution is 6.03. The van der Waals surface area contributed by atoms with Gasteiger partial charge in [0.2, 0.25) is 5.91 Å². The third-order valence-electron chi connectivity index (χ3n) is 2.32. The lowest BCUT2D eigenvalue weighted by molar-refractivity contribution is -0.131. The molecule has 0 radical (unpaired) electrons. The van der Waals surface area contributed by atoms with Crippen LogP contribution in [0.25, 0.3) is 0 Å². The number of hydrogen-bond acceptors (Lipinski definition) is 4. The quantitative estimate of drug-likeness (QED) is 0.585. The van der Waals surface area contributed by atoms with Gasteiger partial charge >= 0.3 is 5.97 Å². The van der Waals surface area contributed by atoms with Gasteiger partial charge in [-0.2, -0.15) is 0 Å². The van der Waals surface area contributed by atoms with Crippen LogP contribution in [-0.2, 0) is 14.3 Å². The van der Waals surface area contributed by atoms with Crippen LogP contribution in [0.5, 0.6) is 5.75 Å². The summed E-state index contributed by atoms with van der Waals surface area (Å²) in [6.07, 6.45) is 1.72. The predicted molar refractivity (Wildman–Crippen MR) is 74.0 cm³/mol. The number of amides is 1. The molecule has 20 heavy (non-hydrogen) atoms.